The molecule has 0 saturated heterocycles. The van der Waals surface area contributed by atoms with Crippen LogP contribution >= 0.6 is 67.8 Å². The minimum atomic E-state index is 1.25. The quantitative estimate of drug-likeness (QED) is 0.190. The Balaban J connectivity index is 1.94. The van der Waals surface area contributed by atoms with Gasteiger partial charge in [0, 0.05) is 10.7 Å². The van der Waals surface area contributed by atoms with Gasteiger partial charge >= 0.3 is 0 Å². The van der Waals surface area contributed by atoms with Gasteiger partial charge in [0.2, 0.25) is 0 Å². The van der Waals surface area contributed by atoms with Crippen LogP contribution in [0.1, 0.15) is 0 Å². The largest absolute Gasteiger partial charge is 0.0606 e. The number of hydrogen-bond acceptors (Lipinski definition) is 0. The predicted octanol–water partition coefficient (Wildman–Crippen LogP) is 8.50. The highest BCUT2D eigenvalue weighted by Crippen LogP contribution is 2.34. The molecule has 0 atom stereocenters. The Hall–Kier alpha value is -0.930. The standard InChI is InChI=1S/C24H15I3/c25-22-7-1-4-16(13-22)19-10-20(17-5-2-8-23(26)14-17)12-21(11-19)18-6-3-9-24(27)15-18/h1-15H. The zero-order valence-electron chi connectivity index (χ0n) is 14.3. The maximum atomic E-state index is 2.38. The van der Waals surface area contributed by atoms with E-state index in [1.165, 1.54) is 44.1 Å². The SMILES string of the molecule is Ic1cccc(-c2cc(-c3cccc(I)c3)cc(-c3cccc(I)c3)c2)c1. The van der Waals surface area contributed by atoms with Crippen molar-refractivity contribution in [3.8, 4) is 33.4 Å². The lowest BCUT2D eigenvalue weighted by atomic mass is 9.93. The number of hydrogen-bond donors (Lipinski definition) is 0. The minimum absolute atomic E-state index is 1.25. The molecule has 4 aromatic rings. The Morgan fingerprint density at radius 3 is 0.889 bits per heavy atom. The van der Waals surface area contributed by atoms with Crippen molar-refractivity contribution >= 4 is 67.8 Å². The van der Waals surface area contributed by atoms with Crippen LogP contribution in [0.3, 0.4) is 0 Å². The molecule has 0 aliphatic rings. The molecule has 0 nitrogen and oxygen atoms in total. The highest BCUT2D eigenvalue weighted by molar-refractivity contribution is 14.1. The van der Waals surface area contributed by atoms with E-state index in [1.54, 1.807) is 0 Å². The third-order valence-corrected chi connectivity index (χ3v) is 6.42. The van der Waals surface area contributed by atoms with Gasteiger partial charge in [-0.2, -0.15) is 0 Å². The lowest BCUT2D eigenvalue weighted by molar-refractivity contribution is 1.54. The van der Waals surface area contributed by atoms with E-state index in [9.17, 15) is 0 Å². The molecule has 4 rings (SSSR count). The number of benzene rings is 4. The topological polar surface area (TPSA) is 0 Å². The molecule has 27 heavy (non-hydrogen) atoms. The summed E-state index contributed by atoms with van der Waals surface area (Å²) in [4.78, 5) is 0. The van der Waals surface area contributed by atoms with Gasteiger partial charge in [-0.3, -0.25) is 0 Å². The average molecular weight is 684 g/mol. The van der Waals surface area contributed by atoms with Crippen LogP contribution < -0.4 is 0 Å². The fourth-order valence-corrected chi connectivity index (χ4v) is 4.76. The van der Waals surface area contributed by atoms with Crippen LogP contribution in [0.15, 0.2) is 91.0 Å². The van der Waals surface area contributed by atoms with Crippen molar-refractivity contribution in [1.29, 1.82) is 0 Å². The predicted molar refractivity (Wildman–Crippen MR) is 141 cm³/mol. The Bertz CT molecular complexity index is 962. The first-order valence-electron chi connectivity index (χ1n) is 8.51. The summed E-state index contributed by atoms with van der Waals surface area (Å²) in [7, 11) is 0. The molecule has 0 radical (unpaired) electrons. The molecule has 0 bridgehead atoms. The Morgan fingerprint density at radius 1 is 0.333 bits per heavy atom. The molecule has 0 aliphatic carbocycles. The second-order valence-electron chi connectivity index (χ2n) is 6.33. The molecule has 0 saturated carbocycles. The Kier molecular flexibility index (Phi) is 6.18. The summed E-state index contributed by atoms with van der Waals surface area (Å²) >= 11 is 7.14. The van der Waals surface area contributed by atoms with Gasteiger partial charge < -0.3 is 0 Å². The molecule has 0 heterocycles. The first kappa shape index (κ1) is 19.4. The van der Waals surface area contributed by atoms with Crippen molar-refractivity contribution in [1.82, 2.24) is 0 Å². The van der Waals surface area contributed by atoms with Gasteiger partial charge in [0.25, 0.3) is 0 Å². The van der Waals surface area contributed by atoms with Crippen LogP contribution in [0.5, 0.6) is 0 Å². The molecule has 0 amide bonds. The van der Waals surface area contributed by atoms with Crippen molar-refractivity contribution in [2.45, 2.75) is 0 Å². The van der Waals surface area contributed by atoms with Crippen molar-refractivity contribution in [2.24, 2.45) is 0 Å². The van der Waals surface area contributed by atoms with Crippen molar-refractivity contribution < 1.29 is 0 Å². The van der Waals surface area contributed by atoms with E-state index >= 15 is 0 Å². The third-order valence-electron chi connectivity index (χ3n) is 4.41. The van der Waals surface area contributed by atoms with Crippen molar-refractivity contribution in [3.05, 3.63) is 102 Å². The van der Waals surface area contributed by atoms with Gasteiger partial charge in [0.05, 0.1) is 0 Å². The van der Waals surface area contributed by atoms with E-state index in [4.69, 9.17) is 0 Å². The van der Waals surface area contributed by atoms with Gasteiger partial charge in [-0.15, -0.1) is 0 Å². The summed E-state index contributed by atoms with van der Waals surface area (Å²) in [5.41, 5.74) is 7.50. The van der Waals surface area contributed by atoms with Crippen molar-refractivity contribution in [2.75, 3.05) is 0 Å². The Morgan fingerprint density at radius 2 is 0.630 bits per heavy atom. The van der Waals surface area contributed by atoms with Gasteiger partial charge in [-0.25, -0.2) is 0 Å². The van der Waals surface area contributed by atoms with Gasteiger partial charge in [-0.05, 0) is 156 Å². The van der Waals surface area contributed by atoms with Crippen LogP contribution in [0.2, 0.25) is 0 Å². The highest BCUT2D eigenvalue weighted by atomic mass is 127. The minimum Gasteiger partial charge on any atom is -0.0606 e. The number of halogens is 3. The fourth-order valence-electron chi connectivity index (χ4n) is 3.13. The molecule has 0 fully saturated rings. The molecule has 3 heteroatoms. The summed E-state index contributed by atoms with van der Waals surface area (Å²) in [6.45, 7) is 0. The molecular formula is C24H15I3. The smallest absolute Gasteiger partial charge is 0.0136 e. The molecule has 132 valence electrons. The molecule has 0 N–H and O–H groups in total. The van der Waals surface area contributed by atoms with E-state index in [1.807, 2.05) is 0 Å². The second kappa shape index (κ2) is 8.61. The van der Waals surface area contributed by atoms with E-state index in [-0.39, 0.29) is 0 Å². The van der Waals surface area contributed by atoms with Crippen LogP contribution in [-0.4, -0.2) is 0 Å². The zero-order chi connectivity index (χ0) is 18.8. The normalized spacial score (nSPS) is 10.8. The van der Waals surface area contributed by atoms with Gasteiger partial charge in [0.15, 0.2) is 0 Å². The van der Waals surface area contributed by atoms with Crippen LogP contribution in [0.4, 0.5) is 0 Å². The summed E-state index contributed by atoms with van der Waals surface area (Å²) in [5, 5.41) is 0. The van der Waals surface area contributed by atoms with E-state index < -0.39 is 0 Å². The Labute approximate surface area is 200 Å². The van der Waals surface area contributed by atoms with Gasteiger partial charge in [0.1, 0.15) is 0 Å². The first-order valence-corrected chi connectivity index (χ1v) is 11.7. The van der Waals surface area contributed by atoms with E-state index in [2.05, 4.69) is 159 Å². The summed E-state index contributed by atoms with van der Waals surface area (Å²) < 4.78 is 3.75. The molecular weight excluding hydrogens is 669 g/mol. The molecule has 0 aromatic heterocycles. The van der Waals surface area contributed by atoms with Gasteiger partial charge in [-0.1, -0.05) is 36.4 Å². The maximum absolute atomic E-state index is 2.38. The summed E-state index contributed by atoms with van der Waals surface area (Å²) in [6, 6.07) is 33.0. The lowest BCUT2D eigenvalue weighted by Gasteiger charge is -2.12. The zero-order valence-corrected chi connectivity index (χ0v) is 20.8. The second-order valence-corrected chi connectivity index (χ2v) is 10.1. The van der Waals surface area contributed by atoms with E-state index in [0.717, 1.165) is 0 Å². The number of rotatable bonds is 3. The van der Waals surface area contributed by atoms with Crippen LogP contribution in [0.25, 0.3) is 33.4 Å². The maximum Gasteiger partial charge on any atom is 0.0136 e. The molecule has 4 aromatic carbocycles. The van der Waals surface area contributed by atoms with Crippen molar-refractivity contribution in [3.63, 3.8) is 0 Å². The molecule has 0 unspecified atom stereocenters. The monoisotopic (exact) mass is 684 g/mol. The highest BCUT2D eigenvalue weighted by Gasteiger charge is 2.08. The molecule has 0 aliphatic heterocycles. The average Bonchev–Trinajstić information content (AvgIpc) is 2.68. The van der Waals surface area contributed by atoms with Crippen LogP contribution in [0, 0.1) is 10.7 Å². The van der Waals surface area contributed by atoms with Crippen LogP contribution in [-0.2, 0) is 0 Å². The molecule has 0 spiro atoms. The third kappa shape index (κ3) is 4.74. The lowest BCUT2D eigenvalue weighted by Crippen LogP contribution is -1.87. The summed E-state index contributed by atoms with van der Waals surface area (Å²) in [5.74, 6) is 0. The first-order chi connectivity index (χ1) is 13.1. The summed E-state index contributed by atoms with van der Waals surface area (Å²) in [6.07, 6.45) is 0. The van der Waals surface area contributed by atoms with E-state index in [0.29, 0.717) is 0 Å². The fraction of sp³-hybridized carbons (Fsp3) is 0.